The first-order valence-corrected chi connectivity index (χ1v) is 6.81. The van der Waals surface area contributed by atoms with Crippen molar-refractivity contribution in [1.82, 2.24) is 4.98 Å². The van der Waals surface area contributed by atoms with Gasteiger partial charge in [0.1, 0.15) is 5.75 Å². The van der Waals surface area contributed by atoms with Crippen LogP contribution in [0.15, 0.2) is 24.3 Å². The number of hydrogen-bond donors (Lipinski definition) is 0. The van der Waals surface area contributed by atoms with E-state index in [2.05, 4.69) is 31.0 Å². The Bertz CT molecular complexity index is 566. The third kappa shape index (κ3) is 2.65. The van der Waals surface area contributed by atoms with Gasteiger partial charge in [0.15, 0.2) is 0 Å². The number of methoxy groups -OCH3 is 1. The Morgan fingerprint density at radius 2 is 2.05 bits per heavy atom. The first kappa shape index (κ1) is 13.7. The van der Waals surface area contributed by atoms with Crippen molar-refractivity contribution < 1.29 is 9.47 Å². The van der Waals surface area contributed by atoms with Gasteiger partial charge in [-0.25, -0.2) is 4.98 Å². The minimum atomic E-state index is 0.470. The van der Waals surface area contributed by atoms with E-state index in [1.54, 1.807) is 7.11 Å². The highest BCUT2D eigenvalue weighted by Crippen LogP contribution is 2.33. The van der Waals surface area contributed by atoms with E-state index in [-0.39, 0.29) is 0 Å². The molecule has 0 bridgehead atoms. The molecule has 3 nitrogen and oxygen atoms in total. The topological polar surface area (TPSA) is 31.4 Å². The summed E-state index contributed by atoms with van der Waals surface area (Å²) in [5.41, 5.74) is 2.24. The van der Waals surface area contributed by atoms with E-state index < -0.39 is 0 Å². The molecule has 0 amide bonds. The second kappa shape index (κ2) is 5.91. The minimum absolute atomic E-state index is 0.470. The number of fused-ring (bicyclic) bond motifs is 1. The number of benzene rings is 1. The average Bonchev–Trinajstić information content (AvgIpc) is 2.45. The molecule has 0 saturated heterocycles. The van der Waals surface area contributed by atoms with Crippen LogP contribution in [0.2, 0.25) is 0 Å². The minimum Gasteiger partial charge on any atom is -0.496 e. The van der Waals surface area contributed by atoms with Gasteiger partial charge in [-0.1, -0.05) is 26.0 Å². The van der Waals surface area contributed by atoms with Gasteiger partial charge >= 0.3 is 0 Å². The highest BCUT2D eigenvalue weighted by atomic mass is 16.5. The van der Waals surface area contributed by atoms with Crippen molar-refractivity contribution in [2.75, 3.05) is 13.7 Å². The van der Waals surface area contributed by atoms with Crippen molar-refractivity contribution in [2.45, 2.75) is 33.1 Å². The zero-order valence-electron chi connectivity index (χ0n) is 12.1. The average molecular weight is 259 g/mol. The van der Waals surface area contributed by atoms with Crippen LogP contribution in [-0.2, 0) is 0 Å². The molecule has 0 aliphatic rings. The summed E-state index contributed by atoms with van der Waals surface area (Å²) >= 11 is 0. The van der Waals surface area contributed by atoms with Crippen molar-refractivity contribution in [3.63, 3.8) is 0 Å². The molecule has 0 spiro atoms. The normalized spacial score (nSPS) is 12.4. The van der Waals surface area contributed by atoms with Crippen molar-refractivity contribution in [2.24, 2.45) is 0 Å². The van der Waals surface area contributed by atoms with Crippen LogP contribution in [0.3, 0.4) is 0 Å². The molecular weight excluding hydrogens is 238 g/mol. The molecule has 1 heterocycles. The van der Waals surface area contributed by atoms with E-state index in [4.69, 9.17) is 9.47 Å². The van der Waals surface area contributed by atoms with Crippen LogP contribution in [0.4, 0.5) is 0 Å². The molecule has 1 atom stereocenters. The molecule has 1 unspecified atom stereocenters. The summed E-state index contributed by atoms with van der Waals surface area (Å²) in [5, 5.41) is 1.05. The summed E-state index contributed by atoms with van der Waals surface area (Å²) in [5.74, 6) is 1.92. The van der Waals surface area contributed by atoms with Crippen molar-refractivity contribution in [1.29, 1.82) is 0 Å². The highest BCUT2D eigenvalue weighted by molar-refractivity contribution is 5.88. The number of pyridine rings is 1. The zero-order chi connectivity index (χ0) is 13.8. The van der Waals surface area contributed by atoms with Gasteiger partial charge in [-0.2, -0.15) is 0 Å². The maximum atomic E-state index is 5.53. The standard InChI is InChI=1S/C16H21NO2/c1-5-11(3)12-8-7-9-13-14(18-4)10-15(19-6-2)17-16(12)13/h7-11H,5-6H2,1-4H3. The second-order valence-corrected chi connectivity index (χ2v) is 4.65. The van der Waals surface area contributed by atoms with Gasteiger partial charge in [0.2, 0.25) is 5.88 Å². The molecule has 0 fully saturated rings. The maximum absolute atomic E-state index is 5.53. The van der Waals surface area contributed by atoms with Crippen molar-refractivity contribution in [3.8, 4) is 11.6 Å². The molecule has 0 radical (unpaired) electrons. The van der Waals surface area contributed by atoms with Crippen LogP contribution >= 0.6 is 0 Å². The van der Waals surface area contributed by atoms with Gasteiger partial charge in [-0.3, -0.25) is 0 Å². The molecule has 0 N–H and O–H groups in total. The Hall–Kier alpha value is -1.77. The molecule has 2 aromatic rings. The lowest BCUT2D eigenvalue weighted by Gasteiger charge is -2.15. The van der Waals surface area contributed by atoms with Crippen molar-refractivity contribution >= 4 is 10.9 Å². The van der Waals surface area contributed by atoms with E-state index >= 15 is 0 Å². The number of ether oxygens (including phenoxy) is 2. The predicted octanol–water partition coefficient (Wildman–Crippen LogP) is 4.16. The molecule has 1 aromatic carbocycles. The quantitative estimate of drug-likeness (QED) is 0.808. The van der Waals surface area contributed by atoms with Crippen LogP contribution in [0, 0.1) is 0 Å². The molecule has 2 rings (SSSR count). The summed E-state index contributed by atoms with van der Waals surface area (Å²) < 4.78 is 11.0. The first-order chi connectivity index (χ1) is 9.21. The van der Waals surface area contributed by atoms with Gasteiger partial charge < -0.3 is 9.47 Å². The Morgan fingerprint density at radius 3 is 2.68 bits per heavy atom. The summed E-state index contributed by atoms with van der Waals surface area (Å²) in [4.78, 5) is 4.64. The van der Waals surface area contributed by atoms with E-state index in [0.717, 1.165) is 23.1 Å². The smallest absolute Gasteiger partial charge is 0.217 e. The van der Waals surface area contributed by atoms with Crippen LogP contribution in [0.1, 0.15) is 38.7 Å². The highest BCUT2D eigenvalue weighted by Gasteiger charge is 2.13. The summed E-state index contributed by atoms with van der Waals surface area (Å²) in [7, 11) is 1.68. The molecular formula is C16H21NO2. The fraction of sp³-hybridized carbons (Fsp3) is 0.438. The summed E-state index contributed by atoms with van der Waals surface area (Å²) in [6.07, 6.45) is 1.09. The largest absolute Gasteiger partial charge is 0.496 e. The molecule has 0 aliphatic heterocycles. The lowest BCUT2D eigenvalue weighted by atomic mass is 9.96. The number of rotatable bonds is 5. The SMILES string of the molecule is CCOc1cc(OC)c2cccc(C(C)CC)c2n1. The zero-order valence-corrected chi connectivity index (χ0v) is 12.1. The molecule has 0 saturated carbocycles. The number of aromatic nitrogens is 1. The van der Waals surface area contributed by atoms with Gasteiger partial charge in [0.05, 0.1) is 19.2 Å². The lowest BCUT2D eigenvalue weighted by Crippen LogP contribution is -2.00. The van der Waals surface area contributed by atoms with Crippen LogP contribution in [0.25, 0.3) is 10.9 Å². The summed E-state index contributed by atoms with van der Waals surface area (Å²) in [6, 6.07) is 8.10. The van der Waals surface area contributed by atoms with Crippen LogP contribution < -0.4 is 9.47 Å². The number of para-hydroxylation sites is 1. The molecule has 19 heavy (non-hydrogen) atoms. The second-order valence-electron chi connectivity index (χ2n) is 4.65. The fourth-order valence-corrected chi connectivity index (χ4v) is 2.23. The molecule has 1 aromatic heterocycles. The Balaban J connectivity index is 2.68. The third-order valence-electron chi connectivity index (χ3n) is 3.46. The van der Waals surface area contributed by atoms with Crippen LogP contribution in [0.5, 0.6) is 11.6 Å². The van der Waals surface area contributed by atoms with E-state index in [0.29, 0.717) is 18.4 Å². The third-order valence-corrected chi connectivity index (χ3v) is 3.46. The van der Waals surface area contributed by atoms with Crippen LogP contribution in [-0.4, -0.2) is 18.7 Å². The Labute approximate surface area is 114 Å². The number of hydrogen-bond acceptors (Lipinski definition) is 3. The fourth-order valence-electron chi connectivity index (χ4n) is 2.23. The molecule has 102 valence electrons. The van der Waals surface area contributed by atoms with Gasteiger partial charge in [-0.15, -0.1) is 0 Å². The lowest BCUT2D eigenvalue weighted by molar-refractivity contribution is 0.324. The Kier molecular flexibility index (Phi) is 4.25. The van der Waals surface area contributed by atoms with Gasteiger partial charge in [-0.05, 0) is 30.9 Å². The Morgan fingerprint density at radius 1 is 1.26 bits per heavy atom. The van der Waals surface area contributed by atoms with E-state index in [9.17, 15) is 0 Å². The molecule has 0 aliphatic carbocycles. The van der Waals surface area contributed by atoms with Crippen molar-refractivity contribution in [3.05, 3.63) is 29.8 Å². The molecule has 3 heteroatoms. The van der Waals surface area contributed by atoms with E-state index in [1.165, 1.54) is 5.56 Å². The predicted molar refractivity (Wildman–Crippen MR) is 78.2 cm³/mol. The maximum Gasteiger partial charge on any atom is 0.217 e. The monoisotopic (exact) mass is 259 g/mol. The summed E-state index contributed by atoms with van der Waals surface area (Å²) in [6.45, 7) is 6.97. The van der Waals surface area contributed by atoms with Gasteiger partial charge in [0.25, 0.3) is 0 Å². The number of nitrogens with zero attached hydrogens (tertiary/aromatic N) is 1. The first-order valence-electron chi connectivity index (χ1n) is 6.81. The van der Waals surface area contributed by atoms with E-state index in [1.807, 2.05) is 19.1 Å². The van der Waals surface area contributed by atoms with Gasteiger partial charge in [0, 0.05) is 11.5 Å².